The fourth-order valence-electron chi connectivity index (χ4n) is 2.80. The van der Waals surface area contributed by atoms with Gasteiger partial charge in [-0.15, -0.1) is 0 Å². The van der Waals surface area contributed by atoms with Gasteiger partial charge < -0.3 is 15.4 Å². The van der Waals surface area contributed by atoms with E-state index in [1.807, 2.05) is 32.0 Å². The molecule has 124 valence electrons. The molecular weight excluding hydrogens is 304 g/mol. The molecule has 1 unspecified atom stereocenters. The van der Waals surface area contributed by atoms with Crippen LogP contribution in [0.15, 0.2) is 36.4 Å². The average Bonchev–Trinajstić information content (AvgIpc) is 2.47. The summed E-state index contributed by atoms with van der Waals surface area (Å²) >= 11 is 0. The largest absolute Gasteiger partial charge is 0.479 e. The third-order valence-corrected chi connectivity index (χ3v) is 3.84. The van der Waals surface area contributed by atoms with E-state index < -0.39 is 6.10 Å². The Labute approximate surface area is 141 Å². The number of amides is 2. The lowest BCUT2D eigenvalue weighted by Crippen LogP contribution is -2.34. The molecule has 1 atom stereocenters. The van der Waals surface area contributed by atoms with E-state index >= 15 is 0 Å². The van der Waals surface area contributed by atoms with Gasteiger partial charge in [0.1, 0.15) is 5.75 Å². The number of aryl methyl sites for hydroxylation is 2. The van der Waals surface area contributed by atoms with Gasteiger partial charge in [0.2, 0.25) is 5.91 Å². The van der Waals surface area contributed by atoms with Crippen molar-refractivity contribution in [3.63, 3.8) is 0 Å². The van der Waals surface area contributed by atoms with Crippen LogP contribution in [0.2, 0.25) is 0 Å². The Morgan fingerprint density at radius 2 is 1.88 bits per heavy atom. The Morgan fingerprint density at radius 3 is 2.58 bits per heavy atom. The highest BCUT2D eigenvalue weighted by atomic mass is 16.5. The number of hydrogen-bond donors (Lipinski definition) is 2. The van der Waals surface area contributed by atoms with E-state index in [1.165, 1.54) is 0 Å². The van der Waals surface area contributed by atoms with Gasteiger partial charge in [0.25, 0.3) is 5.91 Å². The van der Waals surface area contributed by atoms with Crippen LogP contribution in [0, 0.1) is 13.8 Å². The summed E-state index contributed by atoms with van der Waals surface area (Å²) < 4.78 is 5.51. The molecule has 0 spiro atoms. The van der Waals surface area contributed by atoms with Crippen molar-refractivity contribution in [3.8, 4) is 5.75 Å². The monoisotopic (exact) mass is 324 g/mol. The minimum atomic E-state index is -0.504. The molecule has 3 rings (SSSR count). The molecule has 24 heavy (non-hydrogen) atoms. The van der Waals surface area contributed by atoms with Crippen molar-refractivity contribution in [2.45, 2.75) is 33.3 Å². The summed E-state index contributed by atoms with van der Waals surface area (Å²) in [5.74, 6) is 0.344. The third kappa shape index (κ3) is 3.56. The van der Waals surface area contributed by atoms with Crippen LogP contribution in [0.25, 0.3) is 0 Å². The first-order valence-electron chi connectivity index (χ1n) is 7.89. The van der Waals surface area contributed by atoms with Crippen LogP contribution in [0.4, 0.5) is 11.4 Å². The second-order valence-corrected chi connectivity index (χ2v) is 6.18. The summed E-state index contributed by atoms with van der Waals surface area (Å²) in [4.78, 5) is 23.9. The molecule has 1 aliphatic heterocycles. The predicted molar refractivity (Wildman–Crippen MR) is 93.4 cm³/mol. The lowest BCUT2D eigenvalue weighted by Gasteiger charge is -2.23. The summed E-state index contributed by atoms with van der Waals surface area (Å²) in [6.45, 7) is 5.69. The van der Waals surface area contributed by atoms with Crippen molar-refractivity contribution >= 4 is 23.2 Å². The molecule has 2 aromatic carbocycles. The van der Waals surface area contributed by atoms with E-state index in [9.17, 15) is 9.59 Å². The summed E-state index contributed by atoms with van der Waals surface area (Å²) in [5.41, 5.74) is 4.42. The topological polar surface area (TPSA) is 67.4 Å². The summed E-state index contributed by atoms with van der Waals surface area (Å²) in [6.07, 6.45) is -0.276. The fraction of sp³-hybridized carbons (Fsp3) is 0.263. The number of ether oxygens (including phenoxy) is 1. The minimum Gasteiger partial charge on any atom is -0.479 e. The Hall–Kier alpha value is -2.82. The van der Waals surface area contributed by atoms with Gasteiger partial charge in [-0.1, -0.05) is 12.1 Å². The molecular formula is C19H20N2O3. The molecule has 2 amide bonds. The molecule has 5 heteroatoms. The Balaban J connectivity index is 1.71. The number of hydrogen-bond acceptors (Lipinski definition) is 3. The lowest BCUT2D eigenvalue weighted by atomic mass is 10.1. The van der Waals surface area contributed by atoms with Crippen molar-refractivity contribution in [3.05, 3.63) is 53.1 Å². The highest BCUT2D eigenvalue weighted by Crippen LogP contribution is 2.30. The van der Waals surface area contributed by atoms with Crippen molar-refractivity contribution in [1.82, 2.24) is 0 Å². The Morgan fingerprint density at radius 1 is 1.17 bits per heavy atom. The molecule has 0 aromatic heterocycles. The highest BCUT2D eigenvalue weighted by Gasteiger charge is 2.23. The zero-order valence-electron chi connectivity index (χ0n) is 14.0. The first kappa shape index (κ1) is 16.1. The predicted octanol–water partition coefficient (Wildman–Crippen LogP) is 3.20. The van der Waals surface area contributed by atoms with Gasteiger partial charge in [0.05, 0.1) is 12.1 Å². The van der Waals surface area contributed by atoms with E-state index in [4.69, 9.17) is 4.74 Å². The molecule has 2 aromatic rings. The van der Waals surface area contributed by atoms with Crippen LogP contribution in [-0.2, 0) is 16.0 Å². The van der Waals surface area contributed by atoms with E-state index in [1.54, 1.807) is 19.1 Å². The molecule has 0 saturated carbocycles. The van der Waals surface area contributed by atoms with Crippen molar-refractivity contribution in [2.75, 3.05) is 10.6 Å². The van der Waals surface area contributed by atoms with E-state index in [0.29, 0.717) is 11.4 Å². The Kier molecular flexibility index (Phi) is 4.25. The summed E-state index contributed by atoms with van der Waals surface area (Å²) in [6, 6.07) is 11.3. The van der Waals surface area contributed by atoms with Crippen molar-refractivity contribution in [2.24, 2.45) is 0 Å². The van der Waals surface area contributed by atoms with Crippen LogP contribution in [-0.4, -0.2) is 17.9 Å². The maximum atomic E-state index is 12.3. The molecule has 0 fully saturated rings. The van der Waals surface area contributed by atoms with Gasteiger partial charge in [0, 0.05) is 5.69 Å². The minimum absolute atomic E-state index is 0.101. The van der Waals surface area contributed by atoms with Crippen molar-refractivity contribution < 1.29 is 14.3 Å². The molecule has 0 aliphatic carbocycles. The zero-order chi connectivity index (χ0) is 17.3. The molecule has 5 nitrogen and oxygen atoms in total. The number of rotatable bonds is 3. The van der Waals surface area contributed by atoms with E-state index in [-0.39, 0.29) is 18.2 Å². The van der Waals surface area contributed by atoms with Gasteiger partial charge in [-0.3, -0.25) is 9.59 Å². The molecule has 1 aliphatic rings. The molecule has 0 bridgehead atoms. The Bertz CT molecular complexity index is 794. The fourth-order valence-corrected chi connectivity index (χ4v) is 2.80. The number of anilines is 2. The second kappa shape index (κ2) is 6.35. The summed E-state index contributed by atoms with van der Waals surface area (Å²) in [7, 11) is 0. The lowest BCUT2D eigenvalue weighted by molar-refractivity contribution is -0.122. The maximum absolute atomic E-state index is 12.3. The molecule has 0 radical (unpaired) electrons. The second-order valence-electron chi connectivity index (χ2n) is 6.18. The quantitative estimate of drug-likeness (QED) is 0.911. The molecule has 1 heterocycles. The van der Waals surface area contributed by atoms with Crippen molar-refractivity contribution in [1.29, 1.82) is 0 Å². The highest BCUT2D eigenvalue weighted by molar-refractivity contribution is 5.98. The maximum Gasteiger partial charge on any atom is 0.265 e. The molecule has 0 saturated heterocycles. The van der Waals surface area contributed by atoms with E-state index in [2.05, 4.69) is 16.7 Å². The number of nitrogens with one attached hydrogen (secondary N) is 2. The standard InChI is InChI=1S/C19H20N2O3/c1-11-6-12(2)8-15(7-11)20-18(22)10-14-4-5-17-16(9-14)21-19(23)13(3)24-17/h4-9,13H,10H2,1-3H3,(H,20,22)(H,21,23). The zero-order valence-corrected chi connectivity index (χ0v) is 14.0. The molecule has 2 N–H and O–H groups in total. The van der Waals surface area contributed by atoms with E-state index in [0.717, 1.165) is 22.4 Å². The van der Waals surface area contributed by atoms with Crippen LogP contribution >= 0.6 is 0 Å². The van der Waals surface area contributed by atoms with Gasteiger partial charge in [-0.25, -0.2) is 0 Å². The average molecular weight is 324 g/mol. The van der Waals surface area contributed by atoms with Crippen LogP contribution in [0.3, 0.4) is 0 Å². The summed E-state index contributed by atoms with van der Waals surface area (Å²) in [5, 5.41) is 5.70. The first-order valence-corrected chi connectivity index (χ1v) is 7.89. The SMILES string of the molecule is Cc1cc(C)cc(NC(=O)Cc2ccc3c(c2)NC(=O)C(C)O3)c1. The first-order chi connectivity index (χ1) is 11.4. The smallest absolute Gasteiger partial charge is 0.265 e. The van der Waals surface area contributed by atoms with Crippen LogP contribution < -0.4 is 15.4 Å². The van der Waals surface area contributed by atoms with Gasteiger partial charge in [0.15, 0.2) is 6.10 Å². The van der Waals surface area contributed by atoms with Gasteiger partial charge in [-0.05, 0) is 61.7 Å². The van der Waals surface area contributed by atoms with Gasteiger partial charge >= 0.3 is 0 Å². The number of benzene rings is 2. The number of carbonyl (C=O) groups is 2. The van der Waals surface area contributed by atoms with Gasteiger partial charge in [-0.2, -0.15) is 0 Å². The normalized spacial score (nSPS) is 16.0. The van der Waals surface area contributed by atoms with Crippen LogP contribution in [0.1, 0.15) is 23.6 Å². The van der Waals surface area contributed by atoms with Crippen LogP contribution in [0.5, 0.6) is 5.75 Å². The number of fused-ring (bicyclic) bond motifs is 1. The third-order valence-electron chi connectivity index (χ3n) is 3.84. The number of carbonyl (C=O) groups excluding carboxylic acids is 2.